The van der Waals surface area contributed by atoms with Crippen molar-refractivity contribution in [3.63, 3.8) is 0 Å². The normalized spacial score (nSPS) is 21.6. The van der Waals surface area contributed by atoms with E-state index in [1.54, 1.807) is 30.0 Å². The van der Waals surface area contributed by atoms with Gasteiger partial charge >= 0.3 is 0 Å². The molecule has 0 aliphatic carbocycles. The Bertz CT molecular complexity index is 721. The highest BCUT2D eigenvalue weighted by atomic mass is 32.2. The molecule has 1 saturated heterocycles. The number of hydrogen-bond acceptors (Lipinski definition) is 6. The van der Waals surface area contributed by atoms with Crippen LogP contribution in [0.15, 0.2) is 35.2 Å². The molecular formula is C20H33N3O4S2. The molecular weight excluding hydrogens is 410 g/mol. The lowest BCUT2D eigenvalue weighted by Crippen LogP contribution is -2.48. The summed E-state index contributed by atoms with van der Waals surface area (Å²) in [6, 6.07) is 7.35. The maximum Gasteiger partial charge on any atom is 0.241 e. The van der Waals surface area contributed by atoms with Gasteiger partial charge in [-0.15, -0.1) is 0 Å². The van der Waals surface area contributed by atoms with Gasteiger partial charge in [0.25, 0.3) is 0 Å². The molecule has 1 aromatic rings. The SMILES string of the molecule is CSCCC(NS(=O)(=O)c1ccccc1)C(=O)NCCCN1CC(C)OC(C)C1. The van der Waals surface area contributed by atoms with E-state index in [0.717, 1.165) is 26.1 Å². The summed E-state index contributed by atoms with van der Waals surface area (Å²) < 4.78 is 33.5. The molecule has 1 fully saturated rings. The predicted molar refractivity (Wildman–Crippen MR) is 118 cm³/mol. The summed E-state index contributed by atoms with van der Waals surface area (Å²) in [5, 5.41) is 2.89. The lowest BCUT2D eigenvalue weighted by Gasteiger charge is -2.35. The van der Waals surface area contributed by atoms with Crippen molar-refractivity contribution in [1.82, 2.24) is 14.9 Å². The fourth-order valence-corrected chi connectivity index (χ4v) is 5.16. The second kappa shape index (κ2) is 11.9. The third kappa shape index (κ3) is 8.25. The molecule has 3 unspecified atom stereocenters. The molecule has 2 N–H and O–H groups in total. The molecule has 0 aromatic heterocycles. The minimum Gasteiger partial charge on any atom is -0.373 e. The Morgan fingerprint density at radius 1 is 1.24 bits per heavy atom. The van der Waals surface area contributed by atoms with Crippen LogP contribution < -0.4 is 10.0 Å². The molecule has 0 radical (unpaired) electrons. The Labute approximate surface area is 179 Å². The number of benzene rings is 1. The van der Waals surface area contributed by atoms with Crippen LogP contribution in [0.25, 0.3) is 0 Å². The number of thioether (sulfide) groups is 1. The number of ether oxygens (including phenoxy) is 1. The Morgan fingerprint density at radius 3 is 2.52 bits per heavy atom. The van der Waals surface area contributed by atoms with Crippen LogP contribution >= 0.6 is 11.8 Å². The highest BCUT2D eigenvalue weighted by Gasteiger charge is 2.25. The average molecular weight is 444 g/mol. The van der Waals surface area contributed by atoms with Gasteiger partial charge in [-0.25, -0.2) is 8.42 Å². The minimum absolute atomic E-state index is 0.164. The van der Waals surface area contributed by atoms with Crippen LogP contribution in [0.3, 0.4) is 0 Å². The van der Waals surface area contributed by atoms with Crippen molar-refractivity contribution in [3.8, 4) is 0 Å². The quantitative estimate of drug-likeness (QED) is 0.506. The van der Waals surface area contributed by atoms with Gasteiger partial charge in [0.2, 0.25) is 15.9 Å². The van der Waals surface area contributed by atoms with Crippen LogP contribution in [0.5, 0.6) is 0 Å². The van der Waals surface area contributed by atoms with Gasteiger partial charge in [-0.2, -0.15) is 16.5 Å². The summed E-state index contributed by atoms with van der Waals surface area (Å²) in [5.74, 6) is 0.418. The topological polar surface area (TPSA) is 87.7 Å². The summed E-state index contributed by atoms with van der Waals surface area (Å²) in [6.45, 7) is 7.32. The molecule has 0 saturated carbocycles. The average Bonchev–Trinajstić information content (AvgIpc) is 2.68. The van der Waals surface area contributed by atoms with Crippen LogP contribution in [0.2, 0.25) is 0 Å². The fourth-order valence-electron chi connectivity index (χ4n) is 3.44. The molecule has 1 aliphatic rings. The maximum absolute atomic E-state index is 12.6. The number of nitrogens with one attached hydrogen (secondary N) is 2. The Balaban J connectivity index is 1.85. The summed E-state index contributed by atoms with van der Waals surface area (Å²) in [5.41, 5.74) is 0. The molecule has 2 rings (SSSR count). The highest BCUT2D eigenvalue weighted by Crippen LogP contribution is 2.12. The zero-order valence-electron chi connectivity index (χ0n) is 17.5. The van der Waals surface area contributed by atoms with Crippen molar-refractivity contribution in [3.05, 3.63) is 30.3 Å². The lowest BCUT2D eigenvalue weighted by atomic mass is 10.2. The molecule has 1 heterocycles. The van der Waals surface area contributed by atoms with Crippen LogP contribution in [0, 0.1) is 0 Å². The van der Waals surface area contributed by atoms with Crippen molar-refractivity contribution in [2.24, 2.45) is 0 Å². The van der Waals surface area contributed by atoms with Crippen LogP contribution in [-0.4, -0.2) is 75.7 Å². The minimum atomic E-state index is -3.74. The number of hydrogen-bond donors (Lipinski definition) is 2. The molecule has 9 heteroatoms. The molecule has 1 amide bonds. The second-order valence-corrected chi connectivity index (χ2v) is 10.1. The van der Waals surface area contributed by atoms with Gasteiger partial charge in [0.15, 0.2) is 0 Å². The first-order valence-corrected chi connectivity index (χ1v) is 12.9. The molecule has 164 valence electrons. The number of morpholine rings is 1. The smallest absolute Gasteiger partial charge is 0.241 e. The fraction of sp³-hybridized carbons (Fsp3) is 0.650. The van der Waals surface area contributed by atoms with Gasteiger partial charge < -0.3 is 10.1 Å². The zero-order chi connectivity index (χ0) is 21.3. The van der Waals surface area contributed by atoms with Crippen molar-refractivity contribution in [2.75, 3.05) is 38.2 Å². The van der Waals surface area contributed by atoms with Gasteiger partial charge in [0.05, 0.1) is 17.1 Å². The molecule has 1 aromatic carbocycles. The summed E-state index contributed by atoms with van der Waals surface area (Å²) in [7, 11) is -3.74. The van der Waals surface area contributed by atoms with Crippen molar-refractivity contribution in [1.29, 1.82) is 0 Å². The van der Waals surface area contributed by atoms with E-state index < -0.39 is 16.1 Å². The molecule has 7 nitrogen and oxygen atoms in total. The molecule has 1 aliphatic heterocycles. The van der Waals surface area contributed by atoms with Gasteiger partial charge in [0, 0.05) is 26.2 Å². The second-order valence-electron chi connectivity index (χ2n) is 7.43. The van der Waals surface area contributed by atoms with E-state index in [1.165, 1.54) is 12.1 Å². The van der Waals surface area contributed by atoms with E-state index in [0.29, 0.717) is 18.7 Å². The first-order valence-electron chi connectivity index (χ1n) is 10.0. The van der Waals surface area contributed by atoms with Crippen molar-refractivity contribution >= 4 is 27.7 Å². The molecule has 29 heavy (non-hydrogen) atoms. The molecule has 3 atom stereocenters. The standard InChI is InChI=1S/C20H33N3O4S2/c1-16-14-23(15-17(2)27-16)12-7-11-21-20(24)19(10-13-28-3)22-29(25,26)18-8-5-4-6-9-18/h4-6,8-9,16-17,19,22H,7,10-15H2,1-3H3,(H,21,24). The third-order valence-electron chi connectivity index (χ3n) is 4.72. The van der Waals surface area contributed by atoms with Crippen LogP contribution in [0.4, 0.5) is 0 Å². The number of amides is 1. The predicted octanol–water partition coefficient (Wildman–Crippen LogP) is 1.70. The molecule has 0 spiro atoms. The Hall–Kier alpha value is -1.13. The number of sulfonamides is 1. The van der Waals surface area contributed by atoms with Gasteiger partial charge in [0.1, 0.15) is 6.04 Å². The number of carbonyl (C=O) groups excluding carboxylic acids is 1. The summed E-state index contributed by atoms with van der Waals surface area (Å²) in [6.07, 6.45) is 3.63. The van der Waals surface area contributed by atoms with Gasteiger partial charge in [-0.1, -0.05) is 18.2 Å². The first kappa shape index (κ1) is 24.1. The Morgan fingerprint density at radius 2 is 1.90 bits per heavy atom. The van der Waals surface area contributed by atoms with Crippen LogP contribution in [-0.2, 0) is 19.6 Å². The van der Waals surface area contributed by atoms with Crippen molar-refractivity contribution < 1.29 is 17.9 Å². The monoisotopic (exact) mass is 443 g/mol. The van der Waals surface area contributed by atoms with E-state index in [1.807, 2.05) is 6.26 Å². The van der Waals surface area contributed by atoms with Gasteiger partial charge in [-0.05, 0) is 50.8 Å². The number of carbonyl (C=O) groups is 1. The van der Waals surface area contributed by atoms with E-state index in [-0.39, 0.29) is 23.0 Å². The van der Waals surface area contributed by atoms with Crippen molar-refractivity contribution in [2.45, 2.75) is 49.8 Å². The zero-order valence-corrected chi connectivity index (χ0v) is 19.1. The molecule has 0 bridgehead atoms. The maximum atomic E-state index is 12.6. The third-order valence-corrected chi connectivity index (χ3v) is 6.86. The van der Waals surface area contributed by atoms with E-state index in [4.69, 9.17) is 4.74 Å². The largest absolute Gasteiger partial charge is 0.373 e. The summed E-state index contributed by atoms with van der Waals surface area (Å²) in [4.78, 5) is 15.1. The van der Waals surface area contributed by atoms with Crippen LogP contribution in [0.1, 0.15) is 26.7 Å². The van der Waals surface area contributed by atoms with Gasteiger partial charge in [-0.3, -0.25) is 9.69 Å². The number of rotatable bonds is 11. The number of nitrogens with zero attached hydrogens (tertiary/aromatic N) is 1. The first-order chi connectivity index (χ1) is 13.8. The van der Waals surface area contributed by atoms with E-state index in [2.05, 4.69) is 28.8 Å². The van der Waals surface area contributed by atoms with E-state index >= 15 is 0 Å². The van der Waals surface area contributed by atoms with E-state index in [9.17, 15) is 13.2 Å². The summed E-state index contributed by atoms with van der Waals surface area (Å²) >= 11 is 1.58. The lowest BCUT2D eigenvalue weighted by molar-refractivity contribution is -0.122. The highest BCUT2D eigenvalue weighted by molar-refractivity contribution is 7.98. The Kier molecular flexibility index (Phi) is 9.91.